The molecule has 0 bridgehead atoms. The Morgan fingerprint density at radius 3 is 2.96 bits per heavy atom. The molecule has 0 unspecified atom stereocenters. The number of fused-ring (bicyclic) bond motifs is 1. The van der Waals surface area contributed by atoms with Gasteiger partial charge in [-0.25, -0.2) is 14.8 Å². The molecule has 3 heterocycles. The van der Waals surface area contributed by atoms with Gasteiger partial charge in [0.2, 0.25) is 0 Å². The third-order valence-corrected chi connectivity index (χ3v) is 4.48. The van der Waals surface area contributed by atoms with Gasteiger partial charge in [-0.15, -0.1) is 0 Å². The van der Waals surface area contributed by atoms with Crippen LogP contribution in [-0.2, 0) is 4.74 Å². The van der Waals surface area contributed by atoms with Crippen LogP contribution in [0.2, 0.25) is 0 Å². The number of nitrogens with one attached hydrogen (secondary N) is 2. The van der Waals surface area contributed by atoms with Crippen LogP contribution in [0, 0.1) is 6.92 Å². The summed E-state index contributed by atoms with van der Waals surface area (Å²) in [5.74, 6) is 0. The Labute approximate surface area is 155 Å². The lowest BCUT2D eigenvalue weighted by Gasteiger charge is -2.05. The van der Waals surface area contributed by atoms with Crippen molar-refractivity contribution in [2.24, 2.45) is 0 Å². The van der Waals surface area contributed by atoms with E-state index in [0.29, 0.717) is 24.9 Å². The van der Waals surface area contributed by atoms with E-state index in [-0.39, 0.29) is 6.03 Å². The normalized spacial score (nSPS) is 10.8. The van der Waals surface area contributed by atoms with E-state index in [1.807, 2.05) is 38.2 Å². The zero-order valence-corrected chi connectivity index (χ0v) is 15.6. The first-order chi connectivity index (χ1) is 12.7. The Hall–Kier alpha value is -2.58. The Bertz CT molecular complexity index is 896. The molecule has 0 radical (unpaired) electrons. The van der Waals surface area contributed by atoms with Gasteiger partial charge in [-0.1, -0.05) is 11.3 Å². The second-order valence-electron chi connectivity index (χ2n) is 5.72. The number of aromatic nitrogens is 3. The van der Waals surface area contributed by atoms with Crippen LogP contribution in [0.15, 0.2) is 30.6 Å². The van der Waals surface area contributed by atoms with Crippen LogP contribution in [0.3, 0.4) is 0 Å². The first-order valence-corrected chi connectivity index (χ1v) is 9.29. The molecular formula is C18H21N5O2S. The molecule has 8 heteroatoms. The number of nitrogens with zero attached hydrogens (tertiary/aromatic N) is 3. The van der Waals surface area contributed by atoms with Crippen LogP contribution in [-0.4, -0.2) is 40.7 Å². The monoisotopic (exact) mass is 371 g/mol. The fourth-order valence-corrected chi connectivity index (χ4v) is 3.22. The topological polar surface area (TPSA) is 89.0 Å². The highest BCUT2D eigenvalue weighted by Gasteiger charge is 2.10. The lowest BCUT2D eigenvalue weighted by Crippen LogP contribution is -2.30. The van der Waals surface area contributed by atoms with Crippen LogP contribution >= 0.6 is 11.3 Å². The van der Waals surface area contributed by atoms with Gasteiger partial charge in [-0.2, -0.15) is 0 Å². The second kappa shape index (κ2) is 8.68. The maximum Gasteiger partial charge on any atom is 0.321 e. The predicted molar refractivity (Wildman–Crippen MR) is 104 cm³/mol. The third kappa shape index (κ3) is 4.74. The van der Waals surface area contributed by atoms with E-state index in [0.717, 1.165) is 33.6 Å². The first-order valence-electron chi connectivity index (χ1n) is 8.48. The van der Waals surface area contributed by atoms with E-state index in [9.17, 15) is 4.79 Å². The lowest BCUT2D eigenvalue weighted by atomic mass is 10.1. The summed E-state index contributed by atoms with van der Waals surface area (Å²) in [6.07, 6.45) is 4.37. The maximum absolute atomic E-state index is 11.9. The molecule has 0 saturated carbocycles. The minimum absolute atomic E-state index is 0.274. The van der Waals surface area contributed by atoms with Gasteiger partial charge >= 0.3 is 6.03 Å². The van der Waals surface area contributed by atoms with E-state index in [4.69, 9.17) is 4.74 Å². The van der Waals surface area contributed by atoms with Crippen molar-refractivity contribution in [2.75, 3.05) is 25.1 Å². The number of amides is 2. The molecule has 0 aliphatic rings. The SMILES string of the molecule is CCOCCCNC(=O)Nc1nc2ccc(-c3cncc(C)c3)nc2s1. The highest BCUT2D eigenvalue weighted by molar-refractivity contribution is 7.21. The summed E-state index contributed by atoms with van der Waals surface area (Å²) in [6, 6.07) is 5.58. The van der Waals surface area contributed by atoms with E-state index < -0.39 is 0 Å². The maximum atomic E-state index is 11.9. The summed E-state index contributed by atoms with van der Waals surface area (Å²) < 4.78 is 5.23. The second-order valence-corrected chi connectivity index (χ2v) is 6.70. The highest BCUT2D eigenvalue weighted by Crippen LogP contribution is 2.27. The lowest BCUT2D eigenvalue weighted by molar-refractivity contribution is 0.145. The van der Waals surface area contributed by atoms with E-state index in [1.165, 1.54) is 11.3 Å². The number of hydrogen-bond donors (Lipinski definition) is 2. The average Bonchev–Trinajstić information content (AvgIpc) is 3.02. The summed E-state index contributed by atoms with van der Waals surface area (Å²) in [7, 11) is 0. The van der Waals surface area contributed by atoms with Crippen molar-refractivity contribution in [3.63, 3.8) is 0 Å². The van der Waals surface area contributed by atoms with Crippen LogP contribution in [0.25, 0.3) is 21.6 Å². The van der Waals surface area contributed by atoms with Crippen molar-refractivity contribution in [1.82, 2.24) is 20.3 Å². The summed E-state index contributed by atoms with van der Waals surface area (Å²) in [5, 5.41) is 6.06. The number of hydrogen-bond acceptors (Lipinski definition) is 6. The minimum atomic E-state index is -0.274. The molecule has 2 N–H and O–H groups in total. The van der Waals surface area contributed by atoms with Crippen LogP contribution in [0.5, 0.6) is 0 Å². The summed E-state index contributed by atoms with van der Waals surface area (Å²) in [4.78, 5) is 25.9. The number of thiazole rings is 1. The number of ether oxygens (including phenoxy) is 1. The van der Waals surface area contributed by atoms with E-state index in [2.05, 4.69) is 25.6 Å². The number of urea groups is 1. The summed E-state index contributed by atoms with van der Waals surface area (Å²) in [6.45, 7) is 5.82. The molecule has 0 aliphatic carbocycles. The molecule has 0 saturated heterocycles. The first kappa shape index (κ1) is 18.2. The molecule has 0 aliphatic heterocycles. The van der Waals surface area contributed by atoms with E-state index >= 15 is 0 Å². The molecule has 0 spiro atoms. The van der Waals surface area contributed by atoms with Crippen molar-refractivity contribution in [2.45, 2.75) is 20.3 Å². The van der Waals surface area contributed by atoms with Gasteiger partial charge in [0.25, 0.3) is 0 Å². The minimum Gasteiger partial charge on any atom is -0.382 e. The molecule has 136 valence electrons. The smallest absolute Gasteiger partial charge is 0.321 e. The summed E-state index contributed by atoms with van der Waals surface area (Å²) >= 11 is 1.35. The third-order valence-electron chi connectivity index (χ3n) is 3.60. The predicted octanol–water partition coefficient (Wildman–Crippen LogP) is 3.61. The van der Waals surface area contributed by atoms with Crippen LogP contribution in [0.4, 0.5) is 9.93 Å². The van der Waals surface area contributed by atoms with Gasteiger partial charge < -0.3 is 10.1 Å². The average molecular weight is 371 g/mol. The van der Waals surface area contributed by atoms with Crippen molar-refractivity contribution in [3.05, 3.63) is 36.2 Å². The molecule has 0 fully saturated rings. The fraction of sp³-hybridized carbons (Fsp3) is 0.333. The number of carbonyl (C=O) groups excluding carboxylic acids is 1. The Kier molecular flexibility index (Phi) is 6.08. The van der Waals surface area contributed by atoms with Crippen molar-refractivity contribution >= 4 is 32.8 Å². The molecule has 0 aromatic carbocycles. The van der Waals surface area contributed by atoms with Gasteiger partial charge in [0.1, 0.15) is 10.3 Å². The van der Waals surface area contributed by atoms with Gasteiger partial charge in [-0.05, 0) is 44.0 Å². The number of anilines is 1. The van der Waals surface area contributed by atoms with E-state index in [1.54, 1.807) is 6.20 Å². The number of pyridine rings is 2. The zero-order chi connectivity index (χ0) is 18.4. The zero-order valence-electron chi connectivity index (χ0n) is 14.8. The summed E-state index contributed by atoms with van der Waals surface area (Å²) in [5.41, 5.74) is 3.63. The number of aryl methyl sites for hydroxylation is 1. The van der Waals surface area contributed by atoms with Gasteiger partial charge in [0.05, 0.1) is 5.69 Å². The molecule has 7 nitrogen and oxygen atoms in total. The Balaban J connectivity index is 1.65. The molecular weight excluding hydrogens is 350 g/mol. The van der Waals surface area contributed by atoms with Crippen molar-refractivity contribution < 1.29 is 9.53 Å². The molecule has 3 aromatic rings. The standard InChI is InChI=1S/C18H21N5O2S/c1-3-25-8-4-7-20-17(24)23-18-22-15-6-5-14(21-16(15)26-18)13-9-12(2)10-19-11-13/h5-6,9-11H,3-4,7-8H2,1-2H3,(H2,20,22,23,24). The van der Waals surface area contributed by atoms with Gasteiger partial charge in [0, 0.05) is 37.7 Å². The molecule has 26 heavy (non-hydrogen) atoms. The molecule has 2 amide bonds. The van der Waals surface area contributed by atoms with Crippen molar-refractivity contribution in [3.8, 4) is 11.3 Å². The van der Waals surface area contributed by atoms with Gasteiger partial charge in [-0.3, -0.25) is 10.3 Å². The van der Waals surface area contributed by atoms with Crippen LogP contribution < -0.4 is 10.6 Å². The quantitative estimate of drug-likeness (QED) is 0.619. The van der Waals surface area contributed by atoms with Crippen molar-refractivity contribution in [1.29, 1.82) is 0 Å². The molecule has 0 atom stereocenters. The number of carbonyl (C=O) groups is 1. The fourth-order valence-electron chi connectivity index (χ4n) is 2.39. The molecule has 3 rings (SSSR count). The highest BCUT2D eigenvalue weighted by atomic mass is 32.1. The molecule has 3 aromatic heterocycles. The number of rotatable bonds is 7. The Morgan fingerprint density at radius 2 is 2.15 bits per heavy atom. The Morgan fingerprint density at radius 1 is 1.27 bits per heavy atom. The largest absolute Gasteiger partial charge is 0.382 e. The van der Waals surface area contributed by atoms with Crippen LogP contribution in [0.1, 0.15) is 18.9 Å². The van der Waals surface area contributed by atoms with Gasteiger partial charge in [0.15, 0.2) is 5.13 Å².